The summed E-state index contributed by atoms with van der Waals surface area (Å²) in [5.41, 5.74) is 5.21. The van der Waals surface area contributed by atoms with Crippen LogP contribution in [0.3, 0.4) is 0 Å². The van der Waals surface area contributed by atoms with E-state index in [0.29, 0.717) is 5.78 Å². The second-order valence-corrected chi connectivity index (χ2v) is 8.41. The topological polar surface area (TPSA) is 56.0 Å². The van der Waals surface area contributed by atoms with Crippen molar-refractivity contribution in [1.29, 1.82) is 0 Å². The molecular formula is C23H16BrN5. The van der Waals surface area contributed by atoms with E-state index in [1.807, 2.05) is 47.2 Å². The molecule has 2 aromatic carbocycles. The zero-order valence-electron chi connectivity index (χ0n) is 15.5. The molecule has 0 amide bonds. The van der Waals surface area contributed by atoms with E-state index < -0.39 is 0 Å². The number of aromatic nitrogens is 5. The van der Waals surface area contributed by atoms with Gasteiger partial charge in [0.1, 0.15) is 5.69 Å². The van der Waals surface area contributed by atoms with Gasteiger partial charge in [0.2, 0.25) is 0 Å². The molecule has 1 saturated carbocycles. The Balaban J connectivity index is 1.49. The summed E-state index contributed by atoms with van der Waals surface area (Å²) in [5, 5.41) is 6.05. The lowest BCUT2D eigenvalue weighted by molar-refractivity contribution is 0.739. The second kappa shape index (κ2) is 6.19. The molecule has 3 heterocycles. The Labute approximate surface area is 175 Å². The van der Waals surface area contributed by atoms with Gasteiger partial charge in [-0.1, -0.05) is 40.2 Å². The van der Waals surface area contributed by atoms with Crippen molar-refractivity contribution >= 4 is 32.6 Å². The van der Waals surface area contributed by atoms with Gasteiger partial charge in [-0.2, -0.15) is 9.61 Å². The fourth-order valence-electron chi connectivity index (χ4n) is 4.05. The van der Waals surface area contributed by atoms with Crippen LogP contribution in [0.1, 0.15) is 24.1 Å². The summed E-state index contributed by atoms with van der Waals surface area (Å²) in [6.07, 6.45) is 7.71. The van der Waals surface area contributed by atoms with Gasteiger partial charge in [0.05, 0.1) is 23.6 Å². The first-order valence-corrected chi connectivity index (χ1v) is 10.3. The minimum Gasteiger partial charge on any atom is -0.256 e. The van der Waals surface area contributed by atoms with E-state index in [1.165, 1.54) is 5.56 Å². The maximum Gasteiger partial charge on any atom is 0.250 e. The number of hydrogen-bond acceptors (Lipinski definition) is 4. The summed E-state index contributed by atoms with van der Waals surface area (Å²) in [7, 11) is 0. The highest BCUT2D eigenvalue weighted by molar-refractivity contribution is 9.10. The van der Waals surface area contributed by atoms with Crippen molar-refractivity contribution in [3.05, 3.63) is 88.9 Å². The summed E-state index contributed by atoms with van der Waals surface area (Å²) in [4.78, 5) is 13.5. The number of rotatable bonds is 3. The molecule has 5 aromatic rings. The molecule has 0 atom stereocenters. The van der Waals surface area contributed by atoms with Crippen molar-refractivity contribution in [3.63, 3.8) is 0 Å². The highest BCUT2D eigenvalue weighted by Gasteiger charge is 2.48. The maximum atomic E-state index is 4.89. The van der Waals surface area contributed by atoms with Gasteiger partial charge in [0, 0.05) is 27.0 Å². The quantitative estimate of drug-likeness (QED) is 0.386. The number of halogens is 1. The molecule has 6 rings (SSSR count). The highest BCUT2D eigenvalue weighted by atomic mass is 79.9. The third kappa shape index (κ3) is 2.67. The molecule has 0 N–H and O–H groups in total. The first-order valence-electron chi connectivity index (χ1n) is 9.55. The molecule has 140 valence electrons. The van der Waals surface area contributed by atoms with Crippen LogP contribution in [0.2, 0.25) is 0 Å². The molecule has 1 aliphatic rings. The minimum atomic E-state index is -0.0591. The SMILES string of the molecule is Brc1ccc(-c2cnc3ncc(C4(c5ccc6ncccc6c5)CC4)n3n2)cc1. The Hall–Kier alpha value is -3.12. The van der Waals surface area contributed by atoms with Gasteiger partial charge in [-0.05, 0) is 48.7 Å². The zero-order chi connectivity index (χ0) is 19.4. The van der Waals surface area contributed by atoms with Crippen LogP contribution in [-0.4, -0.2) is 24.6 Å². The average Bonchev–Trinajstić information content (AvgIpc) is 3.46. The molecule has 0 radical (unpaired) electrons. The Morgan fingerprint density at radius 1 is 0.897 bits per heavy atom. The molecule has 1 aliphatic carbocycles. The fraction of sp³-hybridized carbons (Fsp3) is 0.130. The molecule has 0 bridgehead atoms. The van der Waals surface area contributed by atoms with Crippen LogP contribution in [0.4, 0.5) is 0 Å². The van der Waals surface area contributed by atoms with Crippen molar-refractivity contribution in [3.8, 4) is 11.3 Å². The number of hydrogen-bond donors (Lipinski definition) is 0. The molecule has 3 aromatic heterocycles. The molecule has 1 fully saturated rings. The summed E-state index contributed by atoms with van der Waals surface area (Å²) in [5.74, 6) is 0.634. The predicted octanol–water partition coefficient (Wildman–Crippen LogP) is 5.18. The molecule has 0 unspecified atom stereocenters. The lowest BCUT2D eigenvalue weighted by Gasteiger charge is -2.16. The largest absolute Gasteiger partial charge is 0.256 e. The van der Waals surface area contributed by atoms with Crippen LogP contribution in [0.25, 0.3) is 27.9 Å². The zero-order valence-corrected chi connectivity index (χ0v) is 17.0. The normalized spacial score (nSPS) is 15.1. The minimum absolute atomic E-state index is 0.0591. The molecule has 0 saturated heterocycles. The lowest BCUT2D eigenvalue weighted by atomic mass is 9.91. The van der Waals surface area contributed by atoms with Crippen molar-refractivity contribution in [2.45, 2.75) is 18.3 Å². The van der Waals surface area contributed by atoms with E-state index in [0.717, 1.165) is 45.2 Å². The third-order valence-electron chi connectivity index (χ3n) is 5.77. The number of pyridine rings is 1. The molecule has 0 aliphatic heterocycles. The van der Waals surface area contributed by atoms with Gasteiger partial charge in [0.15, 0.2) is 0 Å². The standard InChI is InChI=1S/C23H16BrN5/c24-18-6-3-15(4-7-18)20-13-26-22-27-14-21(29(22)28-20)23(9-10-23)17-5-8-19-16(12-17)2-1-11-25-19/h1-8,11-14H,9-10H2. The predicted molar refractivity (Wildman–Crippen MR) is 116 cm³/mol. The maximum absolute atomic E-state index is 4.89. The molecular weight excluding hydrogens is 426 g/mol. The molecule has 5 nitrogen and oxygen atoms in total. The van der Waals surface area contributed by atoms with Crippen molar-refractivity contribution in [2.24, 2.45) is 0 Å². The second-order valence-electron chi connectivity index (χ2n) is 7.50. The van der Waals surface area contributed by atoms with Gasteiger partial charge in [-0.25, -0.2) is 9.97 Å². The van der Waals surface area contributed by atoms with Gasteiger partial charge in [-0.3, -0.25) is 4.98 Å². The van der Waals surface area contributed by atoms with Crippen LogP contribution in [0.15, 0.2) is 77.7 Å². The van der Waals surface area contributed by atoms with Crippen molar-refractivity contribution < 1.29 is 0 Å². The number of nitrogens with zero attached hydrogens (tertiary/aromatic N) is 5. The Morgan fingerprint density at radius 2 is 1.72 bits per heavy atom. The van der Waals surface area contributed by atoms with Crippen molar-refractivity contribution in [1.82, 2.24) is 24.6 Å². The van der Waals surface area contributed by atoms with E-state index in [-0.39, 0.29) is 5.41 Å². The first-order chi connectivity index (χ1) is 14.2. The van der Waals surface area contributed by atoms with E-state index in [9.17, 15) is 0 Å². The van der Waals surface area contributed by atoms with E-state index in [2.05, 4.69) is 55.1 Å². The Bertz CT molecular complexity index is 1370. The summed E-state index contributed by atoms with van der Waals surface area (Å²) < 4.78 is 2.96. The number of fused-ring (bicyclic) bond motifs is 2. The molecule has 6 heteroatoms. The highest BCUT2D eigenvalue weighted by Crippen LogP contribution is 2.53. The number of imidazole rings is 1. The van der Waals surface area contributed by atoms with Gasteiger partial charge in [-0.15, -0.1) is 0 Å². The third-order valence-corrected chi connectivity index (χ3v) is 6.29. The smallest absolute Gasteiger partial charge is 0.250 e. The Kier molecular flexibility index (Phi) is 3.59. The summed E-state index contributed by atoms with van der Waals surface area (Å²) in [6, 6.07) is 18.8. The van der Waals surface area contributed by atoms with Crippen LogP contribution in [0.5, 0.6) is 0 Å². The van der Waals surface area contributed by atoms with Crippen LogP contribution in [-0.2, 0) is 5.41 Å². The van der Waals surface area contributed by atoms with E-state index in [4.69, 9.17) is 5.10 Å². The summed E-state index contributed by atoms with van der Waals surface area (Å²) in [6.45, 7) is 0. The average molecular weight is 442 g/mol. The lowest BCUT2D eigenvalue weighted by Crippen LogP contribution is -2.14. The number of benzene rings is 2. The summed E-state index contributed by atoms with van der Waals surface area (Å²) >= 11 is 3.48. The van der Waals surface area contributed by atoms with E-state index in [1.54, 1.807) is 6.20 Å². The van der Waals surface area contributed by atoms with Gasteiger partial charge >= 0.3 is 0 Å². The van der Waals surface area contributed by atoms with E-state index >= 15 is 0 Å². The van der Waals surface area contributed by atoms with Gasteiger partial charge in [0.25, 0.3) is 5.78 Å². The Morgan fingerprint density at radius 3 is 2.55 bits per heavy atom. The van der Waals surface area contributed by atoms with Crippen LogP contribution >= 0.6 is 15.9 Å². The van der Waals surface area contributed by atoms with Gasteiger partial charge < -0.3 is 0 Å². The first kappa shape index (κ1) is 16.8. The fourth-order valence-corrected chi connectivity index (χ4v) is 4.31. The molecule has 0 spiro atoms. The monoisotopic (exact) mass is 441 g/mol. The van der Waals surface area contributed by atoms with Crippen LogP contribution < -0.4 is 0 Å². The molecule has 29 heavy (non-hydrogen) atoms. The van der Waals surface area contributed by atoms with Crippen LogP contribution in [0, 0.1) is 0 Å². The van der Waals surface area contributed by atoms with Crippen molar-refractivity contribution in [2.75, 3.05) is 0 Å².